The molecule has 0 aliphatic rings. The number of rotatable bonds is 5. The lowest BCUT2D eigenvalue weighted by Crippen LogP contribution is -2.22. The fourth-order valence-corrected chi connectivity index (χ4v) is 3.21. The highest BCUT2D eigenvalue weighted by Gasteiger charge is 2.06. The Morgan fingerprint density at radius 3 is 2.68 bits per heavy atom. The van der Waals surface area contributed by atoms with Gasteiger partial charge < -0.3 is 5.32 Å². The number of aromatic nitrogens is 1. The van der Waals surface area contributed by atoms with Crippen molar-refractivity contribution in [1.29, 1.82) is 0 Å². The topological polar surface area (TPSA) is 42.0 Å². The quantitative estimate of drug-likeness (QED) is 0.777. The van der Waals surface area contributed by atoms with Crippen molar-refractivity contribution in [2.45, 2.75) is 26.3 Å². The molecule has 0 aliphatic heterocycles. The number of amides is 1. The van der Waals surface area contributed by atoms with Crippen molar-refractivity contribution >= 4 is 27.5 Å². The summed E-state index contributed by atoms with van der Waals surface area (Å²) in [4.78, 5) is 16.5. The van der Waals surface area contributed by atoms with Crippen LogP contribution < -0.4 is 5.32 Å². The molecule has 22 heavy (non-hydrogen) atoms. The third-order valence-electron chi connectivity index (χ3n) is 3.51. The van der Waals surface area contributed by atoms with E-state index in [9.17, 15) is 4.79 Å². The summed E-state index contributed by atoms with van der Waals surface area (Å²) in [5.41, 5.74) is 3.37. The van der Waals surface area contributed by atoms with Gasteiger partial charge in [0.15, 0.2) is 0 Å². The number of nitrogens with zero attached hydrogens (tertiary/aromatic N) is 1. The highest BCUT2D eigenvalue weighted by molar-refractivity contribution is 7.18. The van der Waals surface area contributed by atoms with Gasteiger partial charge in [0.05, 0.1) is 15.2 Å². The van der Waals surface area contributed by atoms with Crippen molar-refractivity contribution in [3.63, 3.8) is 0 Å². The molecule has 0 aliphatic carbocycles. The van der Waals surface area contributed by atoms with Crippen LogP contribution in [0.1, 0.15) is 22.6 Å². The summed E-state index contributed by atoms with van der Waals surface area (Å²) >= 11 is 1.66. The lowest BCUT2D eigenvalue weighted by molar-refractivity contribution is -0.121. The van der Waals surface area contributed by atoms with Crippen molar-refractivity contribution in [2.75, 3.05) is 0 Å². The Bertz CT molecular complexity index is 744. The molecule has 1 aromatic heterocycles. The molecule has 0 fully saturated rings. The van der Waals surface area contributed by atoms with Gasteiger partial charge in [-0.15, -0.1) is 11.3 Å². The molecule has 1 heterocycles. The number of aryl methyl sites for hydroxylation is 2. The summed E-state index contributed by atoms with van der Waals surface area (Å²) in [5, 5.41) is 3.98. The van der Waals surface area contributed by atoms with Crippen molar-refractivity contribution in [3.05, 3.63) is 64.7 Å². The Labute approximate surface area is 134 Å². The smallest absolute Gasteiger partial charge is 0.220 e. The van der Waals surface area contributed by atoms with Gasteiger partial charge >= 0.3 is 0 Å². The van der Waals surface area contributed by atoms with Crippen LogP contribution >= 0.6 is 11.3 Å². The van der Waals surface area contributed by atoms with Crippen molar-refractivity contribution in [2.24, 2.45) is 0 Å². The fraction of sp³-hybridized carbons (Fsp3) is 0.222. The molecule has 3 nitrogen and oxygen atoms in total. The number of carbonyl (C=O) groups is 1. The summed E-state index contributed by atoms with van der Waals surface area (Å²) < 4.78 is 1.18. The predicted molar refractivity (Wildman–Crippen MR) is 91.0 cm³/mol. The third-order valence-corrected chi connectivity index (χ3v) is 4.61. The zero-order valence-electron chi connectivity index (χ0n) is 12.5. The van der Waals surface area contributed by atoms with Crippen molar-refractivity contribution < 1.29 is 4.79 Å². The van der Waals surface area contributed by atoms with E-state index in [1.165, 1.54) is 10.3 Å². The maximum Gasteiger partial charge on any atom is 0.220 e. The normalized spacial score (nSPS) is 10.8. The zero-order chi connectivity index (χ0) is 15.4. The van der Waals surface area contributed by atoms with Crippen LogP contribution in [0.4, 0.5) is 0 Å². The third kappa shape index (κ3) is 3.71. The predicted octanol–water partition coefficient (Wildman–Crippen LogP) is 3.85. The van der Waals surface area contributed by atoms with Crippen LogP contribution in [-0.2, 0) is 17.8 Å². The minimum absolute atomic E-state index is 0.0693. The number of fused-ring (bicyclic) bond motifs is 1. The molecule has 2 aromatic carbocycles. The maximum absolute atomic E-state index is 11.9. The monoisotopic (exact) mass is 310 g/mol. The SMILES string of the molecule is Cc1ccc(CNC(=O)CCc2nc3ccccc3s2)cc1. The van der Waals surface area contributed by atoms with Gasteiger partial charge in [0.25, 0.3) is 0 Å². The molecule has 0 saturated carbocycles. The molecule has 3 rings (SSSR count). The summed E-state index contributed by atoms with van der Waals surface area (Å²) in [5.74, 6) is 0.0693. The highest BCUT2D eigenvalue weighted by Crippen LogP contribution is 2.22. The van der Waals surface area contributed by atoms with Gasteiger partial charge in [-0.25, -0.2) is 4.98 Å². The van der Waals surface area contributed by atoms with E-state index in [0.717, 1.165) is 16.1 Å². The Morgan fingerprint density at radius 1 is 1.14 bits per heavy atom. The van der Waals surface area contributed by atoms with E-state index in [-0.39, 0.29) is 5.91 Å². The molecule has 0 radical (unpaired) electrons. The number of hydrogen-bond donors (Lipinski definition) is 1. The fourth-order valence-electron chi connectivity index (χ4n) is 2.24. The molecule has 0 bridgehead atoms. The van der Waals surface area contributed by atoms with Gasteiger partial charge in [-0.05, 0) is 24.6 Å². The molecule has 0 spiro atoms. The Morgan fingerprint density at radius 2 is 1.91 bits per heavy atom. The molecule has 1 amide bonds. The summed E-state index contributed by atoms with van der Waals surface area (Å²) in [6.07, 6.45) is 1.17. The van der Waals surface area contributed by atoms with Crippen molar-refractivity contribution in [3.8, 4) is 0 Å². The highest BCUT2D eigenvalue weighted by atomic mass is 32.1. The van der Waals surface area contributed by atoms with E-state index in [4.69, 9.17) is 0 Å². The van der Waals surface area contributed by atoms with E-state index in [1.807, 2.05) is 30.3 Å². The first-order valence-corrected chi connectivity index (χ1v) is 8.19. The minimum atomic E-state index is 0.0693. The van der Waals surface area contributed by atoms with Crippen LogP contribution in [0, 0.1) is 6.92 Å². The second-order valence-corrected chi connectivity index (χ2v) is 6.45. The van der Waals surface area contributed by atoms with Gasteiger partial charge in [-0.3, -0.25) is 4.79 Å². The first-order chi connectivity index (χ1) is 10.7. The molecule has 112 valence electrons. The maximum atomic E-state index is 11.9. The number of para-hydroxylation sites is 1. The first kappa shape index (κ1) is 14.7. The van der Waals surface area contributed by atoms with Crippen LogP contribution in [0.3, 0.4) is 0 Å². The molecular weight excluding hydrogens is 292 g/mol. The molecule has 0 atom stereocenters. The summed E-state index contributed by atoms with van der Waals surface area (Å²) in [6, 6.07) is 16.3. The number of nitrogens with one attached hydrogen (secondary N) is 1. The van der Waals surface area contributed by atoms with Gasteiger partial charge in [0.1, 0.15) is 0 Å². The van der Waals surface area contributed by atoms with E-state index in [0.29, 0.717) is 19.4 Å². The molecule has 0 unspecified atom stereocenters. The average Bonchev–Trinajstić information content (AvgIpc) is 2.95. The summed E-state index contributed by atoms with van der Waals surface area (Å²) in [6.45, 7) is 2.64. The second kappa shape index (κ2) is 6.71. The number of hydrogen-bond acceptors (Lipinski definition) is 3. The molecule has 4 heteroatoms. The Kier molecular flexibility index (Phi) is 4.49. The number of carbonyl (C=O) groups excluding carboxylic acids is 1. The Balaban J connectivity index is 1.50. The van der Waals surface area contributed by atoms with Gasteiger partial charge in [0.2, 0.25) is 5.91 Å². The van der Waals surface area contributed by atoms with Crippen LogP contribution in [0.5, 0.6) is 0 Å². The van der Waals surface area contributed by atoms with Crippen LogP contribution in [0.15, 0.2) is 48.5 Å². The van der Waals surface area contributed by atoms with Gasteiger partial charge in [0, 0.05) is 19.4 Å². The Hall–Kier alpha value is -2.20. The van der Waals surface area contributed by atoms with Crippen LogP contribution in [0.25, 0.3) is 10.2 Å². The standard InChI is InChI=1S/C18H18N2OS/c1-13-6-8-14(9-7-13)12-19-17(21)10-11-18-20-15-4-2-3-5-16(15)22-18/h2-9H,10-12H2,1H3,(H,19,21). The average molecular weight is 310 g/mol. The molecular formula is C18H18N2OS. The van der Waals surface area contributed by atoms with Gasteiger partial charge in [-0.2, -0.15) is 0 Å². The minimum Gasteiger partial charge on any atom is -0.352 e. The summed E-state index contributed by atoms with van der Waals surface area (Å²) in [7, 11) is 0. The largest absolute Gasteiger partial charge is 0.352 e. The van der Waals surface area contributed by atoms with Crippen LogP contribution in [0.2, 0.25) is 0 Å². The molecule has 0 saturated heterocycles. The first-order valence-electron chi connectivity index (χ1n) is 7.37. The second-order valence-electron chi connectivity index (χ2n) is 5.34. The van der Waals surface area contributed by atoms with E-state index >= 15 is 0 Å². The molecule has 3 aromatic rings. The van der Waals surface area contributed by atoms with E-state index < -0.39 is 0 Å². The lowest BCUT2D eigenvalue weighted by Gasteiger charge is -2.05. The van der Waals surface area contributed by atoms with E-state index in [1.54, 1.807) is 11.3 Å². The van der Waals surface area contributed by atoms with E-state index in [2.05, 4.69) is 35.4 Å². The number of thiazole rings is 1. The number of benzene rings is 2. The lowest BCUT2D eigenvalue weighted by atomic mass is 10.1. The van der Waals surface area contributed by atoms with Crippen molar-refractivity contribution in [1.82, 2.24) is 10.3 Å². The van der Waals surface area contributed by atoms with Crippen LogP contribution in [-0.4, -0.2) is 10.9 Å². The zero-order valence-corrected chi connectivity index (χ0v) is 13.3. The van der Waals surface area contributed by atoms with Gasteiger partial charge in [-0.1, -0.05) is 42.0 Å². The molecule has 1 N–H and O–H groups in total.